The number of piperidine rings is 1. The number of aryl methyl sites for hydroxylation is 1. The van der Waals surface area contributed by atoms with Crippen molar-refractivity contribution in [3.8, 4) is 0 Å². The minimum Gasteiger partial charge on any atom is -0.363 e. The number of thioether (sulfide) groups is 1. The molecule has 2 fully saturated rings. The Labute approximate surface area is 153 Å². The Bertz CT molecular complexity index is 975. The molecule has 0 atom stereocenters. The van der Waals surface area contributed by atoms with E-state index >= 15 is 0 Å². The minimum absolute atomic E-state index is 0.0327. The fourth-order valence-corrected chi connectivity index (χ4v) is 4.82. The van der Waals surface area contributed by atoms with Crippen LogP contribution in [0.5, 0.6) is 0 Å². The highest BCUT2D eigenvalue weighted by Gasteiger charge is 2.40. The molecule has 0 aromatic carbocycles. The summed E-state index contributed by atoms with van der Waals surface area (Å²) in [6, 6.07) is 0. The van der Waals surface area contributed by atoms with E-state index in [1.54, 1.807) is 7.05 Å². The molecule has 2 aliphatic rings. The first-order valence-electron chi connectivity index (χ1n) is 8.58. The second-order valence-corrected chi connectivity index (χ2v) is 8.18. The van der Waals surface area contributed by atoms with Crippen LogP contribution in [0.4, 0.5) is 0 Å². The zero-order valence-corrected chi connectivity index (χ0v) is 15.6. The Hall–Kier alpha value is -2.07. The number of ether oxygens (including phenoxy) is 1. The lowest BCUT2D eigenvalue weighted by atomic mass is 10.1. The third kappa shape index (κ3) is 2.67. The van der Waals surface area contributed by atoms with Gasteiger partial charge in [-0.2, -0.15) is 0 Å². The SMILES string of the molecule is Cn1c(=O)c2c(ncn2CC(=O)N2CCC3(CC2)OCCS3)n(C)c1=O. The van der Waals surface area contributed by atoms with Gasteiger partial charge >= 0.3 is 5.69 Å². The number of carbonyl (C=O) groups is 1. The zero-order chi connectivity index (χ0) is 18.5. The van der Waals surface area contributed by atoms with E-state index in [0.717, 1.165) is 29.8 Å². The predicted molar refractivity (Wildman–Crippen MR) is 97.2 cm³/mol. The first kappa shape index (κ1) is 17.3. The van der Waals surface area contributed by atoms with E-state index in [1.807, 2.05) is 16.7 Å². The molecule has 0 unspecified atom stereocenters. The normalized spacial score (nSPS) is 19.5. The Balaban J connectivity index is 1.55. The van der Waals surface area contributed by atoms with Crippen LogP contribution >= 0.6 is 11.8 Å². The maximum absolute atomic E-state index is 12.7. The van der Waals surface area contributed by atoms with Gasteiger partial charge in [0.2, 0.25) is 5.91 Å². The third-order valence-corrected chi connectivity index (χ3v) is 6.64. The topological polar surface area (TPSA) is 91.4 Å². The van der Waals surface area contributed by atoms with E-state index < -0.39 is 11.2 Å². The van der Waals surface area contributed by atoms with Crippen LogP contribution in [0.3, 0.4) is 0 Å². The number of rotatable bonds is 2. The molecule has 9 nitrogen and oxygen atoms in total. The molecule has 4 rings (SSSR count). The maximum Gasteiger partial charge on any atom is 0.332 e. The maximum atomic E-state index is 12.7. The largest absolute Gasteiger partial charge is 0.363 e. The quantitative estimate of drug-likeness (QED) is 0.700. The van der Waals surface area contributed by atoms with Crippen LogP contribution in [-0.4, -0.2) is 59.9 Å². The highest BCUT2D eigenvalue weighted by molar-refractivity contribution is 8.00. The Kier molecular flexibility index (Phi) is 4.19. The van der Waals surface area contributed by atoms with Gasteiger partial charge in [0.05, 0.1) is 12.9 Å². The number of amides is 1. The highest BCUT2D eigenvalue weighted by atomic mass is 32.2. The number of carbonyl (C=O) groups excluding carboxylic acids is 1. The molecule has 4 heterocycles. The summed E-state index contributed by atoms with van der Waals surface area (Å²) < 4.78 is 9.74. The van der Waals surface area contributed by atoms with E-state index in [-0.39, 0.29) is 22.9 Å². The average molecular weight is 379 g/mol. The van der Waals surface area contributed by atoms with Gasteiger partial charge in [-0.05, 0) is 0 Å². The molecule has 2 saturated heterocycles. The summed E-state index contributed by atoms with van der Waals surface area (Å²) in [5.41, 5.74) is -0.318. The van der Waals surface area contributed by atoms with Gasteiger partial charge in [-0.25, -0.2) is 9.78 Å². The van der Waals surface area contributed by atoms with Crippen molar-refractivity contribution in [2.45, 2.75) is 24.3 Å². The summed E-state index contributed by atoms with van der Waals surface area (Å²) in [6.45, 7) is 2.11. The molecule has 2 aromatic heterocycles. The van der Waals surface area contributed by atoms with Crippen molar-refractivity contribution >= 4 is 28.8 Å². The number of hydrogen-bond donors (Lipinski definition) is 0. The number of likely N-dealkylation sites (tertiary alicyclic amines) is 1. The first-order chi connectivity index (χ1) is 12.4. The molecule has 1 amide bonds. The molecular weight excluding hydrogens is 358 g/mol. The lowest BCUT2D eigenvalue weighted by Gasteiger charge is -2.37. The van der Waals surface area contributed by atoms with Gasteiger partial charge in [0.15, 0.2) is 11.2 Å². The number of aromatic nitrogens is 4. The summed E-state index contributed by atoms with van der Waals surface area (Å²) in [5, 5.41) is 0. The van der Waals surface area contributed by atoms with Gasteiger partial charge in [-0.15, -0.1) is 11.8 Å². The van der Waals surface area contributed by atoms with Crippen molar-refractivity contribution in [1.82, 2.24) is 23.6 Å². The molecule has 2 aliphatic heterocycles. The lowest BCUT2D eigenvalue weighted by Crippen LogP contribution is -2.46. The molecule has 0 N–H and O–H groups in total. The van der Waals surface area contributed by atoms with E-state index in [9.17, 15) is 14.4 Å². The van der Waals surface area contributed by atoms with Crippen LogP contribution in [0.25, 0.3) is 11.2 Å². The van der Waals surface area contributed by atoms with Crippen molar-refractivity contribution in [2.24, 2.45) is 14.1 Å². The molecular formula is C16H21N5O4S. The van der Waals surface area contributed by atoms with Crippen molar-refractivity contribution in [1.29, 1.82) is 0 Å². The summed E-state index contributed by atoms with van der Waals surface area (Å²) in [4.78, 5) is 43.0. The van der Waals surface area contributed by atoms with Gasteiger partial charge in [0.1, 0.15) is 11.5 Å². The fourth-order valence-electron chi connectivity index (χ4n) is 3.65. The summed E-state index contributed by atoms with van der Waals surface area (Å²) in [5.74, 6) is 0.954. The zero-order valence-electron chi connectivity index (χ0n) is 14.8. The Morgan fingerprint density at radius 1 is 1.27 bits per heavy atom. The third-order valence-electron chi connectivity index (χ3n) is 5.21. The summed E-state index contributed by atoms with van der Waals surface area (Å²) in [6.07, 6.45) is 3.10. The molecule has 0 bridgehead atoms. The first-order valence-corrected chi connectivity index (χ1v) is 9.57. The number of fused-ring (bicyclic) bond motifs is 1. The summed E-state index contributed by atoms with van der Waals surface area (Å²) >= 11 is 1.84. The predicted octanol–water partition coefficient (Wildman–Crippen LogP) is -0.484. The van der Waals surface area contributed by atoms with Crippen molar-refractivity contribution in [3.05, 3.63) is 27.2 Å². The molecule has 1 spiro atoms. The Morgan fingerprint density at radius 3 is 2.65 bits per heavy atom. The standard InChI is InChI=1S/C16H21N5O4S/c1-18-13-12(14(23)19(2)15(18)24)21(10-17-13)9-11(22)20-5-3-16(4-6-20)25-7-8-26-16/h10H,3-9H2,1-2H3. The van der Waals surface area contributed by atoms with E-state index in [2.05, 4.69) is 4.98 Å². The van der Waals surface area contributed by atoms with Gasteiger partial charge in [-0.1, -0.05) is 0 Å². The van der Waals surface area contributed by atoms with Crippen LogP contribution in [0.1, 0.15) is 12.8 Å². The Morgan fingerprint density at radius 2 is 2.00 bits per heavy atom. The number of imidazole rings is 1. The van der Waals surface area contributed by atoms with Crippen molar-refractivity contribution in [3.63, 3.8) is 0 Å². The lowest BCUT2D eigenvalue weighted by molar-refractivity contribution is -0.134. The van der Waals surface area contributed by atoms with Crippen molar-refractivity contribution in [2.75, 3.05) is 25.4 Å². The van der Waals surface area contributed by atoms with Gasteiger partial charge in [-0.3, -0.25) is 18.7 Å². The van der Waals surface area contributed by atoms with E-state index in [1.165, 1.54) is 22.5 Å². The smallest absolute Gasteiger partial charge is 0.332 e. The number of hydrogen-bond acceptors (Lipinski definition) is 6. The van der Waals surface area contributed by atoms with Gasteiger partial charge in [0, 0.05) is 45.8 Å². The van der Waals surface area contributed by atoms with Gasteiger partial charge < -0.3 is 14.2 Å². The minimum atomic E-state index is -0.443. The number of nitrogens with zero attached hydrogens (tertiary/aromatic N) is 5. The van der Waals surface area contributed by atoms with Crippen LogP contribution in [-0.2, 0) is 30.2 Å². The van der Waals surface area contributed by atoms with Crippen molar-refractivity contribution < 1.29 is 9.53 Å². The summed E-state index contributed by atoms with van der Waals surface area (Å²) in [7, 11) is 2.99. The van der Waals surface area contributed by atoms with Crippen LogP contribution in [0.2, 0.25) is 0 Å². The fraction of sp³-hybridized carbons (Fsp3) is 0.625. The molecule has 2 aromatic rings. The van der Waals surface area contributed by atoms with E-state index in [0.29, 0.717) is 18.7 Å². The van der Waals surface area contributed by atoms with Crippen LogP contribution in [0.15, 0.2) is 15.9 Å². The van der Waals surface area contributed by atoms with E-state index in [4.69, 9.17) is 4.74 Å². The van der Waals surface area contributed by atoms with Crippen LogP contribution < -0.4 is 11.2 Å². The average Bonchev–Trinajstić information content (AvgIpc) is 3.26. The molecule has 0 aliphatic carbocycles. The van der Waals surface area contributed by atoms with Crippen LogP contribution in [0, 0.1) is 0 Å². The van der Waals surface area contributed by atoms with Gasteiger partial charge in [0.25, 0.3) is 5.56 Å². The second-order valence-electron chi connectivity index (χ2n) is 6.74. The second kappa shape index (κ2) is 6.27. The molecule has 26 heavy (non-hydrogen) atoms. The molecule has 10 heteroatoms. The molecule has 140 valence electrons. The molecule has 0 radical (unpaired) electrons. The monoisotopic (exact) mass is 379 g/mol. The highest BCUT2D eigenvalue weighted by Crippen LogP contribution is 2.41. The molecule has 0 saturated carbocycles.